The van der Waals surface area contributed by atoms with Gasteiger partial charge in [0, 0.05) is 13.2 Å². The molecule has 0 fully saturated rings. The van der Waals surface area contributed by atoms with Crippen molar-refractivity contribution >= 4 is 11.9 Å². The second kappa shape index (κ2) is 4.59. The van der Waals surface area contributed by atoms with Crippen molar-refractivity contribution in [3.63, 3.8) is 0 Å². The monoisotopic (exact) mass is 211 g/mol. The average molecular weight is 211 g/mol. The molecule has 1 rings (SSSR count). The molecule has 0 aromatic carbocycles. The van der Waals surface area contributed by atoms with Gasteiger partial charge in [-0.3, -0.25) is 14.3 Å². The number of rotatable bonds is 4. The molecular formula is C9H13N3O3. The van der Waals surface area contributed by atoms with Crippen LogP contribution in [-0.4, -0.2) is 32.8 Å². The van der Waals surface area contributed by atoms with Gasteiger partial charge >= 0.3 is 5.97 Å². The number of hydrogen-bond donors (Lipinski definition) is 2. The Labute approximate surface area is 86.9 Å². The second-order valence-electron chi connectivity index (χ2n) is 3.33. The molecule has 1 atom stereocenters. The van der Waals surface area contributed by atoms with E-state index in [4.69, 9.17) is 5.11 Å². The lowest BCUT2D eigenvalue weighted by molar-refractivity contribution is -0.141. The summed E-state index contributed by atoms with van der Waals surface area (Å²) in [6, 6.07) is -0.867. The molecular weight excluding hydrogens is 198 g/mol. The first kappa shape index (κ1) is 11.2. The third-order valence-electron chi connectivity index (χ3n) is 1.87. The van der Waals surface area contributed by atoms with Gasteiger partial charge in [-0.1, -0.05) is 0 Å². The molecule has 0 aliphatic heterocycles. The molecule has 1 amide bonds. The highest BCUT2D eigenvalue weighted by Crippen LogP contribution is 1.97. The number of carboxylic acids is 1. The van der Waals surface area contributed by atoms with E-state index < -0.39 is 12.0 Å². The molecule has 15 heavy (non-hydrogen) atoms. The van der Waals surface area contributed by atoms with Crippen LogP contribution in [0.2, 0.25) is 0 Å². The normalized spacial score (nSPS) is 12.1. The van der Waals surface area contributed by atoms with E-state index in [9.17, 15) is 9.59 Å². The molecule has 1 unspecified atom stereocenters. The van der Waals surface area contributed by atoms with E-state index in [1.54, 1.807) is 24.1 Å². The number of carbonyl (C=O) groups is 2. The van der Waals surface area contributed by atoms with Crippen LogP contribution in [0.1, 0.15) is 12.5 Å². The third kappa shape index (κ3) is 3.41. The Hall–Kier alpha value is -1.85. The minimum atomic E-state index is -1.05. The Morgan fingerprint density at radius 3 is 2.80 bits per heavy atom. The van der Waals surface area contributed by atoms with Crippen LogP contribution in [0, 0.1) is 0 Å². The first-order valence-electron chi connectivity index (χ1n) is 4.48. The number of hydrogen-bond acceptors (Lipinski definition) is 3. The fourth-order valence-electron chi connectivity index (χ4n) is 1.10. The molecule has 1 aromatic heterocycles. The quantitative estimate of drug-likeness (QED) is 0.706. The van der Waals surface area contributed by atoms with E-state index in [-0.39, 0.29) is 12.3 Å². The van der Waals surface area contributed by atoms with Gasteiger partial charge in [0.25, 0.3) is 0 Å². The van der Waals surface area contributed by atoms with Crippen LogP contribution in [0.15, 0.2) is 12.4 Å². The van der Waals surface area contributed by atoms with Crippen molar-refractivity contribution in [2.24, 2.45) is 7.05 Å². The van der Waals surface area contributed by atoms with Crippen molar-refractivity contribution < 1.29 is 14.7 Å². The van der Waals surface area contributed by atoms with Crippen molar-refractivity contribution in [3.05, 3.63) is 18.0 Å². The molecule has 6 nitrogen and oxygen atoms in total. The van der Waals surface area contributed by atoms with Crippen LogP contribution in [0.4, 0.5) is 0 Å². The minimum absolute atomic E-state index is 0.144. The zero-order valence-electron chi connectivity index (χ0n) is 8.60. The number of nitrogens with zero attached hydrogens (tertiary/aromatic N) is 2. The van der Waals surface area contributed by atoms with Gasteiger partial charge in [0.05, 0.1) is 12.6 Å². The second-order valence-corrected chi connectivity index (χ2v) is 3.33. The maximum Gasteiger partial charge on any atom is 0.325 e. The van der Waals surface area contributed by atoms with Crippen molar-refractivity contribution in [1.29, 1.82) is 0 Å². The summed E-state index contributed by atoms with van der Waals surface area (Å²) in [5.41, 5.74) is 0.757. The topological polar surface area (TPSA) is 84.2 Å². The lowest BCUT2D eigenvalue weighted by Crippen LogP contribution is -2.39. The number of aromatic nitrogens is 2. The van der Waals surface area contributed by atoms with Crippen molar-refractivity contribution in [2.45, 2.75) is 19.4 Å². The highest BCUT2D eigenvalue weighted by Gasteiger charge is 2.14. The first-order valence-corrected chi connectivity index (χ1v) is 4.48. The Bertz CT molecular complexity index is 372. The van der Waals surface area contributed by atoms with E-state index in [1.165, 1.54) is 6.92 Å². The predicted octanol–water partition coefficient (Wildman–Crippen LogP) is -0.448. The van der Waals surface area contributed by atoms with Crippen LogP contribution < -0.4 is 5.32 Å². The number of aryl methyl sites for hydroxylation is 1. The molecule has 0 spiro atoms. The number of amides is 1. The molecule has 0 aliphatic carbocycles. The van der Waals surface area contributed by atoms with Crippen molar-refractivity contribution in [3.8, 4) is 0 Å². The third-order valence-corrected chi connectivity index (χ3v) is 1.87. The van der Waals surface area contributed by atoms with Gasteiger partial charge in [0.1, 0.15) is 6.04 Å². The summed E-state index contributed by atoms with van der Waals surface area (Å²) in [6.07, 6.45) is 3.43. The predicted molar refractivity (Wildman–Crippen MR) is 52.2 cm³/mol. The van der Waals surface area contributed by atoms with E-state index >= 15 is 0 Å². The van der Waals surface area contributed by atoms with Gasteiger partial charge in [-0.15, -0.1) is 0 Å². The summed E-state index contributed by atoms with van der Waals surface area (Å²) < 4.78 is 1.59. The maximum atomic E-state index is 11.3. The van der Waals surface area contributed by atoms with Gasteiger partial charge in [0.2, 0.25) is 5.91 Å². The molecule has 0 aliphatic rings. The van der Waals surface area contributed by atoms with Gasteiger partial charge in [0.15, 0.2) is 0 Å². The molecule has 2 N–H and O–H groups in total. The van der Waals surface area contributed by atoms with E-state index in [2.05, 4.69) is 10.4 Å². The van der Waals surface area contributed by atoms with Crippen LogP contribution >= 0.6 is 0 Å². The van der Waals surface area contributed by atoms with Crippen molar-refractivity contribution in [2.75, 3.05) is 0 Å². The molecule has 82 valence electrons. The lowest BCUT2D eigenvalue weighted by Gasteiger charge is -2.07. The Balaban J connectivity index is 2.46. The van der Waals surface area contributed by atoms with Crippen LogP contribution in [0.3, 0.4) is 0 Å². The van der Waals surface area contributed by atoms with Crippen LogP contribution in [0.5, 0.6) is 0 Å². The fraction of sp³-hybridized carbons (Fsp3) is 0.444. The molecule has 1 heterocycles. The smallest absolute Gasteiger partial charge is 0.325 e. The number of carboxylic acid groups (broad SMARTS) is 1. The molecule has 0 bridgehead atoms. The molecule has 0 radical (unpaired) electrons. The summed E-state index contributed by atoms with van der Waals surface area (Å²) in [5.74, 6) is -1.37. The molecule has 1 aromatic rings. The Morgan fingerprint density at radius 2 is 2.33 bits per heavy atom. The Morgan fingerprint density at radius 1 is 1.67 bits per heavy atom. The van der Waals surface area contributed by atoms with E-state index in [1.807, 2.05) is 0 Å². The van der Waals surface area contributed by atoms with Crippen molar-refractivity contribution in [1.82, 2.24) is 15.1 Å². The minimum Gasteiger partial charge on any atom is -0.480 e. The largest absolute Gasteiger partial charge is 0.480 e. The van der Waals surface area contributed by atoms with Gasteiger partial charge in [-0.25, -0.2) is 0 Å². The molecule has 0 saturated heterocycles. The summed E-state index contributed by atoms with van der Waals surface area (Å²) in [7, 11) is 1.75. The molecule has 0 saturated carbocycles. The van der Waals surface area contributed by atoms with Gasteiger partial charge in [-0.05, 0) is 12.5 Å². The average Bonchev–Trinajstić information content (AvgIpc) is 2.50. The summed E-state index contributed by atoms with van der Waals surface area (Å²) >= 11 is 0. The lowest BCUT2D eigenvalue weighted by atomic mass is 10.2. The number of carbonyl (C=O) groups excluding carboxylic acids is 1. The maximum absolute atomic E-state index is 11.3. The summed E-state index contributed by atoms with van der Waals surface area (Å²) in [5, 5.41) is 14.8. The Kier molecular flexibility index (Phi) is 3.43. The zero-order valence-corrected chi connectivity index (χ0v) is 8.60. The van der Waals surface area contributed by atoms with Gasteiger partial charge < -0.3 is 10.4 Å². The van der Waals surface area contributed by atoms with Gasteiger partial charge in [-0.2, -0.15) is 5.10 Å². The highest BCUT2D eigenvalue weighted by atomic mass is 16.4. The number of aliphatic carboxylic acids is 1. The van der Waals surface area contributed by atoms with Crippen LogP contribution in [-0.2, 0) is 23.1 Å². The van der Waals surface area contributed by atoms with E-state index in [0.29, 0.717) is 0 Å². The number of nitrogens with one attached hydrogen (secondary N) is 1. The zero-order chi connectivity index (χ0) is 11.4. The van der Waals surface area contributed by atoms with Crippen LogP contribution in [0.25, 0.3) is 0 Å². The van der Waals surface area contributed by atoms with E-state index in [0.717, 1.165) is 5.56 Å². The SMILES string of the molecule is CC(NC(=O)Cc1cnn(C)c1)C(=O)O. The fourth-order valence-corrected chi connectivity index (χ4v) is 1.10. The summed E-state index contributed by atoms with van der Waals surface area (Å²) in [4.78, 5) is 21.8. The summed E-state index contributed by atoms with van der Waals surface area (Å²) in [6.45, 7) is 1.42. The first-order chi connectivity index (χ1) is 6.99. The standard InChI is InChI=1S/C9H13N3O3/c1-6(9(14)15)11-8(13)3-7-4-10-12(2)5-7/h4-6H,3H2,1-2H3,(H,11,13)(H,14,15). The molecule has 6 heteroatoms. The highest BCUT2D eigenvalue weighted by molar-refractivity contribution is 5.84.